The summed E-state index contributed by atoms with van der Waals surface area (Å²) in [7, 11) is -10.2. The summed E-state index contributed by atoms with van der Waals surface area (Å²) < 4.78 is 117. The summed E-state index contributed by atoms with van der Waals surface area (Å²) in [4.78, 5) is 1.44. The van der Waals surface area contributed by atoms with Gasteiger partial charge >= 0.3 is 0 Å². The van der Waals surface area contributed by atoms with Crippen molar-refractivity contribution in [1.82, 2.24) is 0 Å². The number of ether oxygens (including phenoxy) is 3. The predicted octanol–water partition coefficient (Wildman–Crippen LogP) is 4.97. The minimum Gasteiger partial charge on any atom is -0.385 e. The van der Waals surface area contributed by atoms with Crippen molar-refractivity contribution >= 4 is 36.0 Å². The summed E-state index contributed by atoms with van der Waals surface area (Å²) in [6, 6.07) is 8.78. The van der Waals surface area contributed by atoms with Crippen molar-refractivity contribution in [2.24, 2.45) is 5.92 Å². The van der Waals surface area contributed by atoms with E-state index in [0.29, 0.717) is 49.7 Å². The monoisotopic (exact) mass is 759 g/mol. The Balaban J connectivity index is 2.16. The van der Waals surface area contributed by atoms with Gasteiger partial charge in [-0.3, -0.25) is 13.7 Å². The number of hydrogen-bond acceptors (Lipinski definition) is 10. The zero-order chi connectivity index (χ0) is 37.5. The Bertz CT molecular complexity index is 1890. The molecule has 3 N–H and O–H groups in total. The maximum atomic E-state index is 12.2. The van der Waals surface area contributed by atoms with Gasteiger partial charge in [0.25, 0.3) is 30.4 Å². The molecule has 0 amide bonds. The van der Waals surface area contributed by atoms with Crippen LogP contribution in [0.2, 0.25) is 0 Å². The van der Waals surface area contributed by atoms with E-state index in [0.717, 1.165) is 11.1 Å². The summed E-state index contributed by atoms with van der Waals surface area (Å²) in [5.74, 6) is -0.716. The molecule has 0 aromatic heterocycles. The van der Waals surface area contributed by atoms with Crippen molar-refractivity contribution in [2.45, 2.75) is 67.6 Å². The van der Waals surface area contributed by atoms with Crippen molar-refractivity contribution < 1.29 is 53.1 Å². The van der Waals surface area contributed by atoms with E-state index in [4.69, 9.17) is 14.2 Å². The number of allylic oxidation sites excluding steroid dienone is 4. The summed E-state index contributed by atoms with van der Waals surface area (Å²) in [6.07, 6.45) is 6.45. The number of benzene rings is 2. The average Bonchev–Trinajstić information content (AvgIpc) is 3.24. The van der Waals surface area contributed by atoms with E-state index < -0.39 is 46.9 Å². The van der Waals surface area contributed by atoms with Gasteiger partial charge in [0, 0.05) is 49.6 Å². The van der Waals surface area contributed by atoms with Gasteiger partial charge in [0.15, 0.2) is 0 Å². The molecule has 13 nitrogen and oxygen atoms in total. The van der Waals surface area contributed by atoms with E-state index in [1.165, 1.54) is 24.3 Å². The Morgan fingerprint density at radius 2 is 1.52 bits per heavy atom. The van der Waals surface area contributed by atoms with E-state index in [-0.39, 0.29) is 35.2 Å². The molecule has 2 aromatic rings. The minimum absolute atomic E-state index is 0.0545. The molecule has 0 fully saturated rings. The first-order chi connectivity index (χ1) is 23.2. The maximum absolute atomic E-state index is 12.2. The number of anilines is 1. The Labute approximate surface area is 296 Å². The number of hydrogen-bond donors (Lipinski definition) is 3. The molecule has 1 aliphatic rings. The number of aryl methyl sites for hydroxylation is 1. The van der Waals surface area contributed by atoms with Crippen LogP contribution >= 0.6 is 0 Å². The van der Waals surface area contributed by atoms with Crippen LogP contribution in [0, 0.1) is 12.8 Å². The Morgan fingerprint density at radius 3 is 2.12 bits per heavy atom. The zero-order valence-electron chi connectivity index (χ0n) is 29.3. The molecule has 0 aliphatic carbocycles. The maximum Gasteiger partial charge on any atom is 0.294 e. The summed E-state index contributed by atoms with van der Waals surface area (Å²) in [5.41, 5.74) is 1.87. The van der Waals surface area contributed by atoms with Crippen LogP contribution in [0.5, 0.6) is 0 Å². The van der Waals surface area contributed by atoms with Gasteiger partial charge in [-0.05, 0) is 92.1 Å². The van der Waals surface area contributed by atoms with Gasteiger partial charge in [0.1, 0.15) is 0 Å². The fourth-order valence-electron chi connectivity index (χ4n) is 6.53. The molecule has 3 unspecified atom stereocenters. The number of fused-ring (bicyclic) bond motifs is 1. The Hall–Kier alpha value is -2.67. The topological polar surface area (TPSA) is 194 Å². The molecule has 0 radical (unpaired) electrons. The van der Waals surface area contributed by atoms with Gasteiger partial charge in [0.2, 0.25) is 0 Å². The predicted molar refractivity (Wildman–Crippen MR) is 191 cm³/mol. The third-order valence-electron chi connectivity index (χ3n) is 9.58. The third-order valence-corrected chi connectivity index (χ3v) is 12.1. The van der Waals surface area contributed by atoms with E-state index in [9.17, 15) is 38.9 Å². The minimum atomic E-state index is -4.57. The second-order valence-electron chi connectivity index (χ2n) is 13.0. The van der Waals surface area contributed by atoms with Crippen LogP contribution in [0.1, 0.15) is 56.7 Å². The van der Waals surface area contributed by atoms with Crippen LogP contribution in [-0.2, 0) is 55.4 Å². The lowest BCUT2D eigenvalue weighted by Gasteiger charge is -2.36. The van der Waals surface area contributed by atoms with Gasteiger partial charge in [-0.15, -0.1) is 0 Å². The average molecular weight is 760 g/mol. The highest BCUT2D eigenvalue weighted by Crippen LogP contribution is 2.51. The molecule has 1 heterocycles. The van der Waals surface area contributed by atoms with Crippen LogP contribution in [-0.4, -0.2) is 91.9 Å². The van der Waals surface area contributed by atoms with Crippen molar-refractivity contribution in [2.75, 3.05) is 57.8 Å². The van der Waals surface area contributed by atoms with Gasteiger partial charge < -0.3 is 19.1 Å². The first kappa shape index (κ1) is 41.7. The standard InChI is InChI=1S/C34H49NO12S3/c1-25-11-12-27(49(39,40)41)23-29(25)33(3,16-18-45-5)26(2)9-7-10-32-34(4,15-8-22-48(36,37)38)30-24-28(50(42,43)44)13-14-31(30)35(32)17-19-47-21-20-46-6/h7,9-14,23-24,26H,8,15-22H2,1-6H3,(H,36,37,38)(H,39,40,41)(H,42,43,44)/b9-7+,32-10+. The molecule has 3 rings (SSSR count). The van der Waals surface area contributed by atoms with Gasteiger partial charge in [-0.2, -0.15) is 25.3 Å². The summed E-state index contributed by atoms with van der Waals surface area (Å²) >= 11 is 0. The molecule has 280 valence electrons. The zero-order valence-corrected chi connectivity index (χ0v) is 31.8. The second-order valence-corrected chi connectivity index (χ2v) is 17.4. The normalized spacial score (nSPS) is 19.6. The highest BCUT2D eigenvalue weighted by molar-refractivity contribution is 7.86. The molecule has 1 aliphatic heterocycles. The number of methoxy groups -OCH3 is 2. The molecule has 0 saturated heterocycles. The molecule has 0 spiro atoms. The van der Waals surface area contributed by atoms with Gasteiger partial charge in [0.05, 0.1) is 35.4 Å². The van der Waals surface area contributed by atoms with E-state index >= 15 is 0 Å². The first-order valence-electron chi connectivity index (χ1n) is 16.1. The molecule has 0 bridgehead atoms. The second kappa shape index (κ2) is 16.8. The number of nitrogens with zero attached hydrogens (tertiary/aromatic N) is 1. The molecule has 50 heavy (non-hydrogen) atoms. The summed E-state index contributed by atoms with van der Waals surface area (Å²) in [5, 5.41) is 0. The first-order valence-corrected chi connectivity index (χ1v) is 20.6. The van der Waals surface area contributed by atoms with Crippen molar-refractivity contribution in [3.05, 3.63) is 77.0 Å². The molecular weight excluding hydrogens is 711 g/mol. The van der Waals surface area contributed by atoms with Gasteiger partial charge in [-0.25, -0.2) is 0 Å². The summed E-state index contributed by atoms with van der Waals surface area (Å²) in [6.45, 7) is 9.43. The van der Waals surface area contributed by atoms with Crippen LogP contribution in [0.4, 0.5) is 5.69 Å². The van der Waals surface area contributed by atoms with Crippen LogP contribution < -0.4 is 4.90 Å². The molecule has 2 aromatic carbocycles. The van der Waals surface area contributed by atoms with E-state index in [2.05, 4.69) is 0 Å². The molecule has 0 saturated carbocycles. The molecule has 3 atom stereocenters. The Morgan fingerprint density at radius 1 is 0.900 bits per heavy atom. The lowest BCUT2D eigenvalue weighted by atomic mass is 9.69. The smallest absolute Gasteiger partial charge is 0.294 e. The van der Waals surface area contributed by atoms with Crippen molar-refractivity contribution in [1.29, 1.82) is 0 Å². The lowest BCUT2D eigenvalue weighted by molar-refractivity contribution is 0.0744. The van der Waals surface area contributed by atoms with E-state index in [1.54, 1.807) is 26.4 Å². The highest BCUT2D eigenvalue weighted by Gasteiger charge is 2.44. The Kier molecular flexibility index (Phi) is 14.0. The molecular formula is C34H49NO12S3. The largest absolute Gasteiger partial charge is 0.385 e. The quantitative estimate of drug-likeness (QED) is 0.129. The van der Waals surface area contributed by atoms with Crippen LogP contribution in [0.15, 0.2) is 70.1 Å². The SMILES string of the molecule is COCCOCCN1/C(=C/C=C/C(C)C(C)(CCOC)c2cc(S(=O)(=O)O)ccc2C)C(C)(CCCS(=O)(=O)O)c2cc(S(=O)(=O)O)ccc21. The van der Waals surface area contributed by atoms with E-state index in [1.807, 2.05) is 50.8 Å². The fraction of sp³-hybridized carbons (Fsp3) is 0.529. The highest BCUT2D eigenvalue weighted by atomic mass is 32.2. The van der Waals surface area contributed by atoms with Gasteiger partial charge in [-0.1, -0.05) is 32.1 Å². The van der Waals surface area contributed by atoms with Crippen molar-refractivity contribution in [3.8, 4) is 0 Å². The number of rotatable bonds is 19. The molecule has 16 heteroatoms. The fourth-order valence-corrected chi connectivity index (χ4v) is 8.05. The lowest BCUT2D eigenvalue weighted by Crippen LogP contribution is -2.32. The van der Waals surface area contributed by atoms with Crippen molar-refractivity contribution in [3.63, 3.8) is 0 Å². The van der Waals surface area contributed by atoms with Crippen LogP contribution in [0.25, 0.3) is 0 Å². The third kappa shape index (κ3) is 10.2. The van der Waals surface area contributed by atoms with Crippen LogP contribution in [0.3, 0.4) is 0 Å².